The van der Waals surface area contributed by atoms with Gasteiger partial charge in [0.25, 0.3) is 0 Å². The van der Waals surface area contributed by atoms with Crippen molar-refractivity contribution in [1.29, 1.82) is 0 Å². The van der Waals surface area contributed by atoms with Crippen molar-refractivity contribution >= 4 is 8.07 Å². The molecule has 2 nitrogen and oxygen atoms in total. The van der Waals surface area contributed by atoms with E-state index in [0.29, 0.717) is 29.3 Å². The molecule has 0 aliphatic heterocycles. The van der Waals surface area contributed by atoms with Crippen molar-refractivity contribution in [3.8, 4) is 11.5 Å². The van der Waals surface area contributed by atoms with Gasteiger partial charge in [-0.25, -0.2) is 0 Å². The molecule has 0 fully saturated rings. The van der Waals surface area contributed by atoms with E-state index < -0.39 is 8.07 Å². The SMILES string of the molecule is [2H]/C(COC)=C(\C#C[Si](C(C)C)(C(C)C)C(C)C)COC. The molecule has 0 rings (SSSR count). The van der Waals surface area contributed by atoms with Gasteiger partial charge in [0.15, 0.2) is 0 Å². The summed E-state index contributed by atoms with van der Waals surface area (Å²) in [5.41, 5.74) is 6.14. The molecule has 0 aromatic rings. The van der Waals surface area contributed by atoms with Gasteiger partial charge in [-0.3, -0.25) is 0 Å². The van der Waals surface area contributed by atoms with Crippen molar-refractivity contribution in [2.24, 2.45) is 0 Å². The van der Waals surface area contributed by atoms with Crippen LogP contribution in [-0.4, -0.2) is 35.5 Å². The second kappa shape index (κ2) is 9.39. The molecule has 0 atom stereocenters. The lowest BCUT2D eigenvalue weighted by atomic mass is 10.3. The average molecular weight is 298 g/mol. The average Bonchev–Trinajstić information content (AvgIpc) is 2.37. The van der Waals surface area contributed by atoms with Crippen LogP contribution >= 0.6 is 0 Å². The van der Waals surface area contributed by atoms with Gasteiger partial charge >= 0.3 is 0 Å². The molecule has 116 valence electrons. The van der Waals surface area contributed by atoms with Crippen LogP contribution in [0.5, 0.6) is 0 Å². The number of ether oxygens (including phenoxy) is 2. The van der Waals surface area contributed by atoms with Gasteiger partial charge in [0.05, 0.1) is 14.6 Å². The Morgan fingerprint density at radius 2 is 1.55 bits per heavy atom. The zero-order valence-corrected chi connectivity index (χ0v) is 15.5. The maximum absolute atomic E-state index is 8.05. The van der Waals surface area contributed by atoms with Crippen LogP contribution < -0.4 is 0 Å². The molecule has 0 radical (unpaired) electrons. The minimum atomic E-state index is -1.76. The van der Waals surface area contributed by atoms with Crippen LogP contribution in [0.1, 0.15) is 42.9 Å². The van der Waals surface area contributed by atoms with Gasteiger partial charge in [-0.05, 0) is 22.7 Å². The van der Waals surface area contributed by atoms with Crippen molar-refractivity contribution in [2.75, 3.05) is 27.4 Å². The maximum atomic E-state index is 8.05. The number of hydrogen-bond donors (Lipinski definition) is 0. The molecule has 0 N–H and O–H groups in total. The summed E-state index contributed by atoms with van der Waals surface area (Å²) in [6, 6.07) is 0.422. The zero-order chi connectivity index (χ0) is 16.6. The summed E-state index contributed by atoms with van der Waals surface area (Å²) < 4.78 is 18.3. The van der Waals surface area contributed by atoms with Crippen LogP contribution in [0.25, 0.3) is 0 Å². The van der Waals surface area contributed by atoms with E-state index in [1.807, 2.05) is 0 Å². The Bertz CT molecular complexity index is 381. The first kappa shape index (κ1) is 17.5. The highest BCUT2D eigenvalue weighted by molar-refractivity contribution is 6.90. The summed E-state index contributed by atoms with van der Waals surface area (Å²) in [6.07, 6.45) is 0. The fourth-order valence-electron chi connectivity index (χ4n) is 3.05. The lowest BCUT2D eigenvalue weighted by Gasteiger charge is -2.38. The predicted octanol–water partition coefficient (Wildman–Crippen LogP) is 4.43. The third-order valence-electron chi connectivity index (χ3n) is 4.01. The highest BCUT2D eigenvalue weighted by Crippen LogP contribution is 2.40. The highest BCUT2D eigenvalue weighted by Gasteiger charge is 2.41. The molecule has 0 aliphatic rings. The Kier molecular flexibility index (Phi) is 8.21. The van der Waals surface area contributed by atoms with Gasteiger partial charge in [0, 0.05) is 19.8 Å². The number of rotatable bonds is 7. The highest BCUT2D eigenvalue weighted by atomic mass is 28.3. The van der Waals surface area contributed by atoms with Crippen LogP contribution in [-0.2, 0) is 9.47 Å². The predicted molar refractivity (Wildman–Crippen MR) is 90.7 cm³/mol. The monoisotopic (exact) mass is 297 g/mol. The second-order valence-corrected chi connectivity index (χ2v) is 11.7. The Morgan fingerprint density at radius 3 is 1.90 bits per heavy atom. The smallest absolute Gasteiger partial charge is 0.146 e. The van der Waals surface area contributed by atoms with Gasteiger partial charge in [0.1, 0.15) is 8.07 Å². The van der Waals surface area contributed by atoms with E-state index >= 15 is 0 Å². The molecule has 0 amide bonds. The number of methoxy groups -OCH3 is 2. The summed E-state index contributed by atoms with van der Waals surface area (Å²) in [5.74, 6) is 3.29. The van der Waals surface area contributed by atoms with Crippen molar-refractivity contribution in [3.63, 3.8) is 0 Å². The first-order valence-corrected chi connectivity index (χ1v) is 9.66. The second-order valence-electron chi connectivity index (χ2n) is 6.17. The third-order valence-corrected chi connectivity index (χ3v) is 10.3. The third kappa shape index (κ3) is 5.09. The molecule has 0 saturated heterocycles. The Hall–Kier alpha value is -0.563. The van der Waals surface area contributed by atoms with E-state index in [1.165, 1.54) is 0 Å². The minimum Gasteiger partial charge on any atom is -0.381 e. The van der Waals surface area contributed by atoms with E-state index in [0.717, 1.165) is 5.57 Å². The first-order chi connectivity index (χ1) is 9.73. The van der Waals surface area contributed by atoms with Gasteiger partial charge in [-0.2, -0.15) is 0 Å². The molecule has 0 aliphatic carbocycles. The summed E-state index contributed by atoms with van der Waals surface area (Å²) in [6.45, 7) is 14.4. The zero-order valence-electron chi connectivity index (χ0n) is 15.5. The van der Waals surface area contributed by atoms with Crippen molar-refractivity contribution in [3.05, 3.63) is 11.6 Å². The molecule has 0 unspecified atom stereocenters. The fraction of sp³-hybridized carbons (Fsp3) is 0.765. The van der Waals surface area contributed by atoms with Crippen LogP contribution in [0.15, 0.2) is 11.6 Å². The van der Waals surface area contributed by atoms with Crippen LogP contribution in [0.2, 0.25) is 16.6 Å². The Labute approximate surface area is 128 Å². The summed E-state index contributed by atoms with van der Waals surface area (Å²) in [5, 5.41) is 0. The largest absolute Gasteiger partial charge is 0.381 e. The van der Waals surface area contributed by atoms with Crippen LogP contribution in [0.4, 0.5) is 0 Å². The molecule has 0 bridgehead atoms. The molecule has 0 aromatic carbocycles. The van der Waals surface area contributed by atoms with E-state index in [1.54, 1.807) is 14.2 Å². The van der Waals surface area contributed by atoms with Crippen LogP contribution in [0, 0.1) is 11.5 Å². The van der Waals surface area contributed by atoms with Crippen molar-refractivity contribution in [1.82, 2.24) is 0 Å². The Morgan fingerprint density at radius 1 is 1.05 bits per heavy atom. The number of hydrogen-bond acceptors (Lipinski definition) is 2. The van der Waals surface area contributed by atoms with E-state index in [2.05, 4.69) is 53.0 Å². The normalized spacial score (nSPS) is 14.2. The van der Waals surface area contributed by atoms with E-state index in [9.17, 15) is 0 Å². The standard InChI is InChI=1S/C17H32O2Si/c1-14(2)20(15(3)4,16(5)6)12-10-17(13-19-8)9-11-18-7/h9,14-16H,11,13H2,1-8H3/b17-9-/i9D. The lowest BCUT2D eigenvalue weighted by Crippen LogP contribution is -2.43. The molecular weight excluding hydrogens is 264 g/mol. The lowest BCUT2D eigenvalue weighted by molar-refractivity contribution is 0.220. The van der Waals surface area contributed by atoms with Crippen molar-refractivity contribution in [2.45, 2.75) is 58.2 Å². The minimum absolute atomic E-state index is 0.285. The molecule has 3 heteroatoms. The maximum Gasteiger partial charge on any atom is 0.146 e. The van der Waals surface area contributed by atoms with E-state index in [-0.39, 0.29) is 6.61 Å². The van der Waals surface area contributed by atoms with Gasteiger partial charge in [0.2, 0.25) is 0 Å². The molecule has 0 heterocycles. The van der Waals surface area contributed by atoms with Crippen LogP contribution in [0.3, 0.4) is 0 Å². The summed E-state index contributed by atoms with van der Waals surface area (Å²) in [7, 11) is 1.47. The topological polar surface area (TPSA) is 18.5 Å². The fourth-order valence-corrected chi connectivity index (χ4v) is 8.29. The molecule has 0 saturated carbocycles. The van der Waals surface area contributed by atoms with Crippen molar-refractivity contribution < 1.29 is 10.8 Å². The molecule has 0 aromatic heterocycles. The van der Waals surface area contributed by atoms with Gasteiger partial charge < -0.3 is 9.47 Å². The summed E-state index contributed by atoms with van der Waals surface area (Å²) in [4.78, 5) is 0. The molecule has 20 heavy (non-hydrogen) atoms. The molecule has 0 spiro atoms. The molecular formula is C17H32O2Si. The summed E-state index contributed by atoms with van der Waals surface area (Å²) >= 11 is 0. The Balaban J connectivity index is 5.77. The van der Waals surface area contributed by atoms with E-state index in [4.69, 9.17) is 10.8 Å². The first-order valence-electron chi connectivity index (χ1n) is 7.93. The van der Waals surface area contributed by atoms with Gasteiger partial charge in [-0.1, -0.05) is 47.5 Å². The van der Waals surface area contributed by atoms with Gasteiger partial charge in [-0.15, -0.1) is 5.54 Å². The quantitative estimate of drug-likeness (QED) is 0.511.